The molecule has 0 saturated carbocycles. The topological polar surface area (TPSA) is 81.6 Å². The Morgan fingerprint density at radius 2 is 2.35 bits per heavy atom. The molecule has 3 N–H and O–H groups in total. The van der Waals surface area contributed by atoms with Crippen LogP contribution in [-0.2, 0) is 6.54 Å². The average Bonchev–Trinajstić information content (AvgIpc) is 2.82. The number of hydrogen-bond donors (Lipinski definition) is 2. The first kappa shape index (κ1) is 11.5. The molecule has 0 radical (unpaired) electrons. The van der Waals surface area contributed by atoms with Crippen LogP contribution >= 0.6 is 12.2 Å². The molecule has 6 nitrogen and oxygen atoms in total. The second-order valence-electron chi connectivity index (χ2n) is 3.33. The quantitative estimate of drug-likeness (QED) is 0.746. The van der Waals surface area contributed by atoms with Crippen molar-refractivity contribution in [3.63, 3.8) is 0 Å². The van der Waals surface area contributed by atoms with E-state index in [4.69, 9.17) is 18.0 Å². The van der Waals surface area contributed by atoms with Gasteiger partial charge in [-0.25, -0.2) is 9.97 Å². The predicted octanol–water partition coefficient (Wildman–Crippen LogP) is 0.419. The number of hydrogen-bond acceptors (Lipinski definition) is 5. The molecule has 2 heterocycles. The second-order valence-corrected chi connectivity index (χ2v) is 3.77. The lowest BCUT2D eigenvalue weighted by Gasteiger charge is -2.05. The molecule has 2 rings (SSSR count). The SMILES string of the molecule is NC(=S)c1ccnc(NCCn2cccn2)n1. The zero-order valence-corrected chi connectivity index (χ0v) is 9.89. The molecule has 0 atom stereocenters. The van der Waals surface area contributed by atoms with E-state index in [1.807, 2.05) is 16.9 Å². The molecular weight excluding hydrogens is 236 g/mol. The van der Waals surface area contributed by atoms with Crippen molar-refractivity contribution in [2.45, 2.75) is 6.54 Å². The highest BCUT2D eigenvalue weighted by Gasteiger charge is 2.00. The largest absolute Gasteiger partial charge is 0.388 e. The van der Waals surface area contributed by atoms with E-state index in [0.717, 1.165) is 6.54 Å². The zero-order chi connectivity index (χ0) is 12.1. The van der Waals surface area contributed by atoms with E-state index in [1.165, 1.54) is 0 Å². The summed E-state index contributed by atoms with van der Waals surface area (Å²) < 4.78 is 1.82. The van der Waals surface area contributed by atoms with Gasteiger partial charge in [0.1, 0.15) is 10.7 Å². The van der Waals surface area contributed by atoms with E-state index in [9.17, 15) is 0 Å². The van der Waals surface area contributed by atoms with Gasteiger partial charge in [-0.3, -0.25) is 4.68 Å². The van der Waals surface area contributed by atoms with Gasteiger partial charge in [0.05, 0.1) is 6.54 Å². The minimum absolute atomic E-state index is 0.266. The van der Waals surface area contributed by atoms with Crippen LogP contribution in [0.4, 0.5) is 5.95 Å². The molecule has 7 heteroatoms. The number of nitrogens with zero attached hydrogens (tertiary/aromatic N) is 4. The molecule has 0 aliphatic heterocycles. The molecule has 0 aromatic carbocycles. The van der Waals surface area contributed by atoms with Crippen LogP contribution in [0.3, 0.4) is 0 Å². The van der Waals surface area contributed by atoms with Crippen molar-refractivity contribution in [3.8, 4) is 0 Å². The van der Waals surface area contributed by atoms with Crippen LogP contribution < -0.4 is 11.1 Å². The van der Waals surface area contributed by atoms with Crippen molar-refractivity contribution in [1.29, 1.82) is 0 Å². The van der Waals surface area contributed by atoms with Crippen molar-refractivity contribution >= 4 is 23.2 Å². The first-order valence-electron chi connectivity index (χ1n) is 5.10. The van der Waals surface area contributed by atoms with Gasteiger partial charge in [-0.05, 0) is 12.1 Å². The fourth-order valence-corrected chi connectivity index (χ4v) is 1.41. The van der Waals surface area contributed by atoms with Gasteiger partial charge >= 0.3 is 0 Å². The molecule has 2 aromatic heterocycles. The third-order valence-corrected chi connectivity index (χ3v) is 2.30. The number of nitrogens with two attached hydrogens (primary N) is 1. The van der Waals surface area contributed by atoms with Crippen LogP contribution in [0.2, 0.25) is 0 Å². The Morgan fingerprint density at radius 3 is 3.06 bits per heavy atom. The lowest BCUT2D eigenvalue weighted by molar-refractivity contribution is 0.636. The van der Waals surface area contributed by atoms with Crippen molar-refractivity contribution in [3.05, 3.63) is 36.4 Å². The fourth-order valence-electron chi connectivity index (χ4n) is 1.30. The maximum Gasteiger partial charge on any atom is 0.223 e. The highest BCUT2D eigenvalue weighted by atomic mass is 32.1. The number of anilines is 1. The van der Waals surface area contributed by atoms with Gasteiger partial charge in [0, 0.05) is 25.1 Å². The van der Waals surface area contributed by atoms with E-state index in [1.54, 1.807) is 18.5 Å². The normalized spacial score (nSPS) is 10.1. The van der Waals surface area contributed by atoms with Gasteiger partial charge in [0.25, 0.3) is 0 Å². The number of nitrogens with one attached hydrogen (secondary N) is 1. The molecule has 17 heavy (non-hydrogen) atoms. The second kappa shape index (κ2) is 5.35. The summed E-state index contributed by atoms with van der Waals surface area (Å²) in [5.41, 5.74) is 6.05. The van der Waals surface area contributed by atoms with E-state index in [2.05, 4.69) is 20.4 Å². The minimum Gasteiger partial charge on any atom is -0.388 e. The van der Waals surface area contributed by atoms with Gasteiger partial charge in [-0.15, -0.1) is 0 Å². The van der Waals surface area contributed by atoms with Crippen LogP contribution in [0.1, 0.15) is 5.69 Å². The summed E-state index contributed by atoms with van der Waals surface area (Å²) in [7, 11) is 0. The van der Waals surface area contributed by atoms with Gasteiger partial charge in [-0.2, -0.15) is 5.10 Å². The summed E-state index contributed by atoms with van der Waals surface area (Å²) in [6, 6.07) is 3.56. The number of thiocarbonyl (C=S) groups is 1. The van der Waals surface area contributed by atoms with E-state index >= 15 is 0 Å². The monoisotopic (exact) mass is 248 g/mol. The maximum atomic E-state index is 5.49. The lowest BCUT2D eigenvalue weighted by atomic mass is 10.4. The summed E-state index contributed by atoms with van der Waals surface area (Å²) in [4.78, 5) is 8.51. The summed E-state index contributed by atoms with van der Waals surface area (Å²) in [6.45, 7) is 1.43. The molecule has 0 spiro atoms. The third-order valence-electron chi connectivity index (χ3n) is 2.09. The molecule has 2 aromatic rings. The Hall–Kier alpha value is -2.02. The molecule has 0 aliphatic rings. The van der Waals surface area contributed by atoms with Crippen molar-refractivity contribution in [2.24, 2.45) is 5.73 Å². The molecule has 0 bridgehead atoms. The lowest BCUT2D eigenvalue weighted by Crippen LogP contribution is -2.16. The Morgan fingerprint density at radius 1 is 1.47 bits per heavy atom. The Labute approximate surface area is 104 Å². The Bertz CT molecular complexity index is 495. The van der Waals surface area contributed by atoms with Crippen molar-refractivity contribution in [2.75, 3.05) is 11.9 Å². The first-order chi connectivity index (χ1) is 8.25. The highest BCUT2D eigenvalue weighted by molar-refractivity contribution is 7.80. The van der Waals surface area contributed by atoms with Crippen LogP contribution in [0.25, 0.3) is 0 Å². The molecule has 0 fully saturated rings. The molecule has 0 amide bonds. The number of aromatic nitrogens is 4. The van der Waals surface area contributed by atoms with E-state index in [0.29, 0.717) is 18.2 Å². The Kier molecular flexibility index (Phi) is 3.61. The molecule has 0 unspecified atom stereocenters. The zero-order valence-electron chi connectivity index (χ0n) is 9.08. The summed E-state index contributed by atoms with van der Waals surface area (Å²) in [5.74, 6) is 0.516. The van der Waals surface area contributed by atoms with Crippen molar-refractivity contribution in [1.82, 2.24) is 19.7 Å². The minimum atomic E-state index is 0.266. The Balaban J connectivity index is 1.90. The van der Waals surface area contributed by atoms with Crippen LogP contribution in [0, 0.1) is 0 Å². The smallest absolute Gasteiger partial charge is 0.223 e. The molecule has 88 valence electrons. The average molecular weight is 248 g/mol. The van der Waals surface area contributed by atoms with Crippen molar-refractivity contribution < 1.29 is 0 Å². The maximum absolute atomic E-state index is 5.49. The third kappa shape index (κ3) is 3.22. The van der Waals surface area contributed by atoms with Crippen LogP contribution in [-0.4, -0.2) is 31.3 Å². The van der Waals surface area contributed by atoms with Gasteiger partial charge in [-0.1, -0.05) is 12.2 Å². The number of rotatable bonds is 5. The van der Waals surface area contributed by atoms with Gasteiger partial charge in [0.2, 0.25) is 5.95 Å². The van der Waals surface area contributed by atoms with Crippen LogP contribution in [0.5, 0.6) is 0 Å². The highest BCUT2D eigenvalue weighted by Crippen LogP contribution is 2.00. The molecule has 0 saturated heterocycles. The molecular formula is C10H12N6S. The predicted molar refractivity (Wildman–Crippen MR) is 68.6 cm³/mol. The molecule has 0 aliphatic carbocycles. The standard InChI is InChI=1S/C10H12N6S/c11-9(17)8-2-4-12-10(15-8)13-5-7-16-6-1-3-14-16/h1-4,6H,5,7H2,(H2,11,17)(H,12,13,15). The van der Waals surface area contributed by atoms with Crippen LogP contribution in [0.15, 0.2) is 30.7 Å². The van der Waals surface area contributed by atoms with Gasteiger partial charge < -0.3 is 11.1 Å². The summed E-state index contributed by atoms with van der Waals surface area (Å²) >= 11 is 4.84. The van der Waals surface area contributed by atoms with Gasteiger partial charge in [0.15, 0.2) is 0 Å². The van der Waals surface area contributed by atoms with E-state index < -0.39 is 0 Å². The first-order valence-corrected chi connectivity index (χ1v) is 5.50. The van der Waals surface area contributed by atoms with E-state index in [-0.39, 0.29) is 4.99 Å². The fraction of sp³-hybridized carbons (Fsp3) is 0.200. The summed E-state index contributed by atoms with van der Waals surface area (Å²) in [5, 5.41) is 7.17. The summed E-state index contributed by atoms with van der Waals surface area (Å²) in [6.07, 6.45) is 5.26.